The van der Waals surface area contributed by atoms with Crippen molar-refractivity contribution in [2.45, 2.75) is 46.0 Å². The Balaban J connectivity index is 1.85. The van der Waals surface area contributed by atoms with Gasteiger partial charge in [-0.3, -0.25) is 9.69 Å². The molecule has 0 bridgehead atoms. The molecule has 0 aromatic heterocycles. The van der Waals surface area contributed by atoms with Crippen molar-refractivity contribution in [2.24, 2.45) is 5.92 Å². The zero-order valence-corrected chi connectivity index (χ0v) is 12.9. The third-order valence-electron chi connectivity index (χ3n) is 4.47. The predicted octanol–water partition coefficient (Wildman–Crippen LogP) is 3.94. The van der Waals surface area contributed by atoms with Crippen LogP contribution in [0.15, 0.2) is 24.3 Å². The summed E-state index contributed by atoms with van der Waals surface area (Å²) in [5.41, 5.74) is 2.19. The van der Waals surface area contributed by atoms with E-state index in [1.165, 1.54) is 24.8 Å². The Morgan fingerprint density at radius 1 is 1.15 bits per heavy atom. The lowest BCUT2D eigenvalue weighted by Crippen LogP contribution is -2.37. The Morgan fingerprint density at radius 3 is 2.35 bits per heavy atom. The van der Waals surface area contributed by atoms with E-state index < -0.39 is 0 Å². The number of hydrogen-bond donors (Lipinski definition) is 0. The Morgan fingerprint density at radius 2 is 1.80 bits per heavy atom. The van der Waals surface area contributed by atoms with Gasteiger partial charge in [-0.2, -0.15) is 0 Å². The highest BCUT2D eigenvalue weighted by Crippen LogP contribution is 2.20. The second kappa shape index (κ2) is 7.58. The maximum absolute atomic E-state index is 12.3. The first-order valence-corrected chi connectivity index (χ1v) is 8.07. The molecule has 1 heterocycles. The summed E-state index contributed by atoms with van der Waals surface area (Å²) in [7, 11) is 0. The summed E-state index contributed by atoms with van der Waals surface area (Å²) in [5.74, 6) is 1.14. The average molecular weight is 273 g/mol. The molecule has 2 nitrogen and oxygen atoms in total. The molecule has 0 atom stereocenters. The number of carbonyl (C=O) groups excluding carboxylic acids is 1. The summed E-state index contributed by atoms with van der Waals surface area (Å²) in [6, 6.07) is 8.18. The number of rotatable bonds is 6. The number of piperidine rings is 1. The molecule has 0 unspecified atom stereocenters. The Labute approximate surface area is 123 Å². The molecule has 110 valence electrons. The van der Waals surface area contributed by atoms with Crippen molar-refractivity contribution < 1.29 is 4.79 Å². The maximum atomic E-state index is 12.3. The number of ketones is 1. The standard InChI is InChI=1S/C18H27NO/c1-3-5-16-6-8-17(9-7-16)18(20)14-19-12-10-15(4-2)11-13-19/h6-9,15H,3-5,10-14H2,1-2H3. The fourth-order valence-electron chi connectivity index (χ4n) is 2.99. The van der Waals surface area contributed by atoms with Crippen molar-refractivity contribution in [3.63, 3.8) is 0 Å². The van der Waals surface area contributed by atoms with Crippen LogP contribution in [0.4, 0.5) is 0 Å². The number of nitrogens with zero attached hydrogens (tertiary/aromatic N) is 1. The Hall–Kier alpha value is -1.15. The van der Waals surface area contributed by atoms with E-state index in [0.29, 0.717) is 6.54 Å². The van der Waals surface area contributed by atoms with Gasteiger partial charge in [0.2, 0.25) is 0 Å². The van der Waals surface area contributed by atoms with Gasteiger partial charge >= 0.3 is 0 Å². The van der Waals surface area contributed by atoms with Crippen LogP contribution in [0.2, 0.25) is 0 Å². The van der Waals surface area contributed by atoms with Crippen LogP contribution in [0.5, 0.6) is 0 Å². The summed E-state index contributed by atoms with van der Waals surface area (Å²) in [4.78, 5) is 14.6. The van der Waals surface area contributed by atoms with Crippen LogP contribution in [-0.2, 0) is 6.42 Å². The van der Waals surface area contributed by atoms with E-state index >= 15 is 0 Å². The van der Waals surface area contributed by atoms with E-state index in [1.54, 1.807) is 0 Å². The summed E-state index contributed by atoms with van der Waals surface area (Å²) in [5, 5.41) is 0. The van der Waals surface area contributed by atoms with Crippen molar-refractivity contribution in [2.75, 3.05) is 19.6 Å². The van der Waals surface area contributed by atoms with Gasteiger partial charge in [0.05, 0.1) is 6.54 Å². The smallest absolute Gasteiger partial charge is 0.176 e. The molecule has 0 spiro atoms. The third-order valence-corrected chi connectivity index (χ3v) is 4.47. The zero-order chi connectivity index (χ0) is 14.4. The van der Waals surface area contributed by atoms with Crippen LogP contribution < -0.4 is 0 Å². The minimum atomic E-state index is 0.267. The predicted molar refractivity (Wildman–Crippen MR) is 84.2 cm³/mol. The lowest BCUT2D eigenvalue weighted by Gasteiger charge is -2.30. The molecular weight excluding hydrogens is 246 g/mol. The van der Waals surface area contributed by atoms with E-state index in [-0.39, 0.29) is 5.78 Å². The van der Waals surface area contributed by atoms with Gasteiger partial charge in [0.25, 0.3) is 0 Å². The second-order valence-corrected chi connectivity index (χ2v) is 6.00. The van der Waals surface area contributed by atoms with E-state index in [1.807, 2.05) is 12.1 Å². The molecule has 1 fully saturated rings. The first-order chi connectivity index (χ1) is 9.72. The number of carbonyl (C=O) groups is 1. The molecule has 1 aromatic rings. The van der Waals surface area contributed by atoms with Crippen LogP contribution in [0.3, 0.4) is 0 Å². The molecule has 20 heavy (non-hydrogen) atoms. The highest BCUT2D eigenvalue weighted by Gasteiger charge is 2.19. The summed E-state index contributed by atoms with van der Waals surface area (Å²) < 4.78 is 0. The van der Waals surface area contributed by atoms with Crippen molar-refractivity contribution >= 4 is 5.78 Å². The molecule has 0 radical (unpaired) electrons. The maximum Gasteiger partial charge on any atom is 0.176 e. The highest BCUT2D eigenvalue weighted by atomic mass is 16.1. The molecule has 0 saturated carbocycles. The average Bonchev–Trinajstić information content (AvgIpc) is 2.49. The molecule has 1 saturated heterocycles. The van der Waals surface area contributed by atoms with Gasteiger partial charge in [-0.25, -0.2) is 0 Å². The van der Waals surface area contributed by atoms with Gasteiger partial charge in [0.1, 0.15) is 0 Å². The lowest BCUT2D eigenvalue weighted by atomic mass is 9.94. The van der Waals surface area contributed by atoms with Gasteiger partial charge < -0.3 is 0 Å². The first-order valence-electron chi connectivity index (χ1n) is 8.07. The van der Waals surface area contributed by atoms with Crippen molar-refractivity contribution in [3.05, 3.63) is 35.4 Å². The Kier molecular flexibility index (Phi) is 5.78. The molecule has 2 heteroatoms. The minimum Gasteiger partial charge on any atom is -0.296 e. The van der Waals surface area contributed by atoms with Crippen LogP contribution in [0.25, 0.3) is 0 Å². The fourth-order valence-corrected chi connectivity index (χ4v) is 2.99. The van der Waals surface area contributed by atoms with Crippen molar-refractivity contribution in [1.29, 1.82) is 0 Å². The van der Waals surface area contributed by atoms with Crippen LogP contribution >= 0.6 is 0 Å². The molecule has 1 aromatic carbocycles. The fraction of sp³-hybridized carbons (Fsp3) is 0.611. The third kappa shape index (κ3) is 4.17. The topological polar surface area (TPSA) is 20.3 Å². The molecular formula is C18H27NO. The van der Waals surface area contributed by atoms with E-state index in [2.05, 4.69) is 30.9 Å². The van der Waals surface area contributed by atoms with Crippen LogP contribution in [0, 0.1) is 5.92 Å². The molecule has 0 aliphatic carbocycles. The monoisotopic (exact) mass is 273 g/mol. The van der Waals surface area contributed by atoms with E-state index in [9.17, 15) is 4.79 Å². The van der Waals surface area contributed by atoms with Crippen LogP contribution in [-0.4, -0.2) is 30.3 Å². The summed E-state index contributed by atoms with van der Waals surface area (Å²) in [6.45, 7) is 7.20. The van der Waals surface area contributed by atoms with Gasteiger partial charge in [0.15, 0.2) is 5.78 Å². The largest absolute Gasteiger partial charge is 0.296 e. The summed E-state index contributed by atoms with van der Waals surface area (Å²) >= 11 is 0. The number of benzene rings is 1. The number of Topliss-reactive ketones (excluding diaryl/α,β-unsaturated/α-hetero) is 1. The molecule has 1 aliphatic rings. The highest BCUT2D eigenvalue weighted by molar-refractivity contribution is 5.97. The quantitative estimate of drug-likeness (QED) is 0.732. The van der Waals surface area contributed by atoms with Crippen molar-refractivity contribution in [3.8, 4) is 0 Å². The van der Waals surface area contributed by atoms with Crippen LogP contribution in [0.1, 0.15) is 55.5 Å². The first kappa shape index (κ1) is 15.2. The number of aryl methyl sites for hydroxylation is 1. The van der Waals surface area contributed by atoms with Gasteiger partial charge in [-0.1, -0.05) is 51.0 Å². The van der Waals surface area contributed by atoms with Gasteiger partial charge in [-0.05, 0) is 43.8 Å². The normalized spacial score (nSPS) is 17.3. The zero-order valence-electron chi connectivity index (χ0n) is 12.9. The van der Waals surface area contributed by atoms with Gasteiger partial charge in [0, 0.05) is 5.56 Å². The SMILES string of the molecule is CCCc1ccc(C(=O)CN2CCC(CC)CC2)cc1. The lowest BCUT2D eigenvalue weighted by molar-refractivity contribution is 0.0894. The second-order valence-electron chi connectivity index (χ2n) is 6.00. The molecule has 1 aliphatic heterocycles. The van der Waals surface area contributed by atoms with E-state index in [4.69, 9.17) is 0 Å². The van der Waals surface area contributed by atoms with E-state index in [0.717, 1.165) is 37.4 Å². The number of hydrogen-bond acceptors (Lipinski definition) is 2. The molecule has 0 N–H and O–H groups in total. The minimum absolute atomic E-state index is 0.267. The van der Waals surface area contributed by atoms with Gasteiger partial charge in [-0.15, -0.1) is 0 Å². The summed E-state index contributed by atoms with van der Waals surface area (Å²) in [6.07, 6.45) is 6.03. The number of likely N-dealkylation sites (tertiary alicyclic amines) is 1. The van der Waals surface area contributed by atoms with Crippen molar-refractivity contribution in [1.82, 2.24) is 4.90 Å². The molecule has 2 rings (SSSR count). The molecule has 0 amide bonds. The Bertz CT molecular complexity index is 416.